The van der Waals surface area contributed by atoms with E-state index in [0.29, 0.717) is 0 Å². The van der Waals surface area contributed by atoms with Gasteiger partial charge in [-0.25, -0.2) is 4.98 Å². The van der Waals surface area contributed by atoms with Gasteiger partial charge in [-0.2, -0.15) is 0 Å². The summed E-state index contributed by atoms with van der Waals surface area (Å²) in [4.78, 5) is 15.9. The molecular formula is C16H22N2O2. The SMILES string of the molecule is CCC(C)(C)c1nc2cc(C)c(C)cc2n1CC(=O)O. The van der Waals surface area contributed by atoms with Crippen LogP contribution in [0.15, 0.2) is 12.1 Å². The van der Waals surface area contributed by atoms with Crippen LogP contribution < -0.4 is 0 Å². The van der Waals surface area contributed by atoms with Gasteiger partial charge in [0, 0.05) is 5.41 Å². The van der Waals surface area contributed by atoms with Crippen LogP contribution in [0.1, 0.15) is 44.1 Å². The summed E-state index contributed by atoms with van der Waals surface area (Å²) in [5.41, 5.74) is 3.98. The largest absolute Gasteiger partial charge is 0.480 e. The van der Waals surface area contributed by atoms with Crippen molar-refractivity contribution in [2.24, 2.45) is 0 Å². The first-order chi connectivity index (χ1) is 9.26. The molecule has 4 nitrogen and oxygen atoms in total. The molecule has 1 heterocycles. The number of aryl methyl sites for hydroxylation is 2. The van der Waals surface area contributed by atoms with Crippen molar-refractivity contribution < 1.29 is 9.90 Å². The van der Waals surface area contributed by atoms with E-state index < -0.39 is 5.97 Å². The van der Waals surface area contributed by atoms with Crippen molar-refractivity contribution in [2.75, 3.05) is 0 Å². The van der Waals surface area contributed by atoms with Crippen molar-refractivity contribution in [2.45, 2.75) is 53.0 Å². The molecule has 1 aromatic carbocycles. The summed E-state index contributed by atoms with van der Waals surface area (Å²) in [7, 11) is 0. The van der Waals surface area contributed by atoms with Crippen LogP contribution in [0.25, 0.3) is 11.0 Å². The third kappa shape index (κ3) is 2.42. The zero-order chi connectivity index (χ0) is 15.1. The minimum absolute atomic E-state index is 0.0439. The predicted molar refractivity (Wildman–Crippen MR) is 80.2 cm³/mol. The Kier molecular flexibility index (Phi) is 3.59. The number of aromatic nitrogens is 2. The van der Waals surface area contributed by atoms with Crippen LogP contribution in [0.5, 0.6) is 0 Å². The molecule has 1 N–H and O–H groups in total. The van der Waals surface area contributed by atoms with E-state index in [2.05, 4.69) is 27.7 Å². The minimum Gasteiger partial charge on any atom is -0.480 e. The molecule has 108 valence electrons. The molecule has 0 aliphatic carbocycles. The average Bonchev–Trinajstić information content (AvgIpc) is 2.68. The molecule has 0 aliphatic rings. The Morgan fingerprint density at radius 2 is 1.90 bits per heavy atom. The molecule has 4 heteroatoms. The Hall–Kier alpha value is -1.84. The van der Waals surface area contributed by atoms with E-state index >= 15 is 0 Å². The average molecular weight is 274 g/mol. The number of rotatable bonds is 4. The van der Waals surface area contributed by atoms with Crippen molar-refractivity contribution in [3.63, 3.8) is 0 Å². The van der Waals surface area contributed by atoms with Gasteiger partial charge in [0.2, 0.25) is 0 Å². The number of aliphatic carboxylic acids is 1. The maximum Gasteiger partial charge on any atom is 0.323 e. The summed E-state index contributed by atoms with van der Waals surface area (Å²) in [6.07, 6.45) is 0.911. The lowest BCUT2D eigenvalue weighted by molar-refractivity contribution is -0.137. The van der Waals surface area contributed by atoms with Crippen LogP contribution in [0.2, 0.25) is 0 Å². The molecule has 0 bridgehead atoms. The number of carbonyl (C=O) groups is 1. The number of fused-ring (bicyclic) bond motifs is 1. The van der Waals surface area contributed by atoms with Gasteiger partial charge in [0.15, 0.2) is 0 Å². The van der Waals surface area contributed by atoms with E-state index in [1.807, 2.05) is 23.6 Å². The highest BCUT2D eigenvalue weighted by Gasteiger charge is 2.27. The van der Waals surface area contributed by atoms with E-state index in [-0.39, 0.29) is 12.0 Å². The first-order valence-electron chi connectivity index (χ1n) is 6.96. The number of imidazole rings is 1. The van der Waals surface area contributed by atoms with Crippen LogP contribution in [-0.4, -0.2) is 20.6 Å². The molecule has 0 amide bonds. The quantitative estimate of drug-likeness (QED) is 0.929. The third-order valence-electron chi connectivity index (χ3n) is 4.15. The second-order valence-corrected chi connectivity index (χ2v) is 6.08. The molecule has 20 heavy (non-hydrogen) atoms. The molecule has 0 saturated carbocycles. The van der Waals surface area contributed by atoms with Crippen molar-refractivity contribution in [3.05, 3.63) is 29.1 Å². The van der Waals surface area contributed by atoms with Gasteiger partial charge in [-0.3, -0.25) is 4.79 Å². The van der Waals surface area contributed by atoms with Crippen LogP contribution in [-0.2, 0) is 16.8 Å². The highest BCUT2D eigenvalue weighted by molar-refractivity contribution is 5.80. The van der Waals surface area contributed by atoms with E-state index in [4.69, 9.17) is 4.98 Å². The number of nitrogens with zero attached hydrogens (tertiary/aromatic N) is 2. The number of hydrogen-bond acceptors (Lipinski definition) is 2. The molecule has 2 rings (SSSR count). The monoisotopic (exact) mass is 274 g/mol. The molecule has 1 aromatic heterocycles. The third-order valence-corrected chi connectivity index (χ3v) is 4.15. The fraction of sp³-hybridized carbons (Fsp3) is 0.500. The highest BCUT2D eigenvalue weighted by Crippen LogP contribution is 2.30. The first-order valence-corrected chi connectivity index (χ1v) is 6.96. The minimum atomic E-state index is -0.837. The van der Waals surface area contributed by atoms with Crippen molar-refractivity contribution in [3.8, 4) is 0 Å². The van der Waals surface area contributed by atoms with E-state index in [1.165, 1.54) is 5.56 Å². The zero-order valence-electron chi connectivity index (χ0n) is 12.8. The lowest BCUT2D eigenvalue weighted by Gasteiger charge is -2.23. The Morgan fingerprint density at radius 1 is 1.30 bits per heavy atom. The van der Waals surface area contributed by atoms with Crippen molar-refractivity contribution >= 4 is 17.0 Å². The lowest BCUT2D eigenvalue weighted by atomic mass is 9.89. The topological polar surface area (TPSA) is 55.1 Å². The first kappa shape index (κ1) is 14.6. The Bertz CT molecular complexity index is 669. The summed E-state index contributed by atoms with van der Waals surface area (Å²) < 4.78 is 1.84. The van der Waals surface area contributed by atoms with Crippen molar-refractivity contribution in [1.29, 1.82) is 0 Å². The smallest absolute Gasteiger partial charge is 0.323 e. The van der Waals surface area contributed by atoms with E-state index in [1.54, 1.807) is 0 Å². The normalized spacial score (nSPS) is 12.1. The molecule has 0 unspecified atom stereocenters. The summed E-state index contributed by atoms with van der Waals surface area (Å²) >= 11 is 0. The van der Waals surface area contributed by atoms with Gasteiger partial charge >= 0.3 is 5.97 Å². The number of hydrogen-bond donors (Lipinski definition) is 1. The summed E-state index contributed by atoms with van der Waals surface area (Å²) in [6.45, 7) is 10.4. The maximum absolute atomic E-state index is 11.2. The van der Waals surface area contributed by atoms with Gasteiger partial charge in [-0.15, -0.1) is 0 Å². The fourth-order valence-corrected chi connectivity index (χ4v) is 2.35. The molecule has 2 aromatic rings. The van der Waals surface area contributed by atoms with Gasteiger partial charge in [0.1, 0.15) is 12.4 Å². The van der Waals surface area contributed by atoms with Gasteiger partial charge in [0.25, 0.3) is 0 Å². The van der Waals surface area contributed by atoms with Crippen LogP contribution in [0.3, 0.4) is 0 Å². The Labute approximate surface area is 119 Å². The maximum atomic E-state index is 11.2. The number of carboxylic acid groups (broad SMARTS) is 1. The Balaban J connectivity index is 2.76. The standard InChI is InChI=1S/C16H22N2O2/c1-6-16(4,5)15-17-12-7-10(2)11(3)8-13(12)18(15)9-14(19)20/h7-8H,6,9H2,1-5H3,(H,19,20). The molecule has 0 saturated heterocycles. The van der Waals surface area contributed by atoms with Gasteiger partial charge in [0.05, 0.1) is 11.0 Å². The van der Waals surface area contributed by atoms with E-state index in [0.717, 1.165) is 28.8 Å². The molecular weight excluding hydrogens is 252 g/mol. The fourth-order valence-electron chi connectivity index (χ4n) is 2.35. The second-order valence-electron chi connectivity index (χ2n) is 6.08. The molecule has 0 aliphatic heterocycles. The summed E-state index contributed by atoms with van der Waals surface area (Å²) in [6, 6.07) is 4.08. The Morgan fingerprint density at radius 3 is 2.45 bits per heavy atom. The van der Waals surface area contributed by atoms with Crippen molar-refractivity contribution in [1.82, 2.24) is 9.55 Å². The summed E-state index contributed by atoms with van der Waals surface area (Å²) in [5, 5.41) is 9.18. The van der Waals surface area contributed by atoms with Gasteiger partial charge in [-0.05, 0) is 43.5 Å². The van der Waals surface area contributed by atoms with Crippen LogP contribution in [0, 0.1) is 13.8 Å². The van der Waals surface area contributed by atoms with Gasteiger partial charge in [-0.1, -0.05) is 20.8 Å². The van der Waals surface area contributed by atoms with E-state index in [9.17, 15) is 9.90 Å². The number of carboxylic acids is 1. The number of benzene rings is 1. The summed E-state index contributed by atoms with van der Waals surface area (Å²) in [5.74, 6) is 0.0121. The second kappa shape index (κ2) is 4.93. The zero-order valence-corrected chi connectivity index (χ0v) is 12.8. The van der Waals surface area contributed by atoms with Gasteiger partial charge < -0.3 is 9.67 Å². The predicted octanol–water partition coefficient (Wildman–Crippen LogP) is 3.43. The lowest BCUT2D eigenvalue weighted by Crippen LogP contribution is -2.24. The molecule has 0 spiro atoms. The molecule has 0 radical (unpaired) electrons. The van der Waals surface area contributed by atoms with Crippen LogP contribution in [0.4, 0.5) is 0 Å². The molecule has 0 atom stereocenters. The van der Waals surface area contributed by atoms with Crippen LogP contribution >= 0.6 is 0 Å². The highest BCUT2D eigenvalue weighted by atomic mass is 16.4. The molecule has 0 fully saturated rings.